The number of thiazole rings is 1. The van der Waals surface area contributed by atoms with Crippen LogP contribution in [0.2, 0.25) is 5.02 Å². The molecule has 5 rings (SSSR count). The SMILES string of the molecule is CCOC(=O)C1=C(C(F)(F)F)N=c2s/c(=C\c3cc(I)c(OCc4ccc(Br)cc4)c(I)c3)c(=O)n2[C@H]1c1ccc(Cl)cc1. The second kappa shape index (κ2) is 13.6. The van der Waals surface area contributed by atoms with Gasteiger partial charge in [0.05, 0.1) is 29.9 Å². The molecule has 14 heteroatoms. The molecule has 0 unspecified atom stereocenters. The van der Waals surface area contributed by atoms with E-state index in [4.69, 9.17) is 21.1 Å². The van der Waals surface area contributed by atoms with E-state index in [9.17, 15) is 22.8 Å². The summed E-state index contributed by atoms with van der Waals surface area (Å²) in [5.74, 6) is -0.537. The van der Waals surface area contributed by atoms with Gasteiger partial charge in [-0.1, -0.05) is 63.1 Å². The zero-order valence-corrected chi connectivity index (χ0v) is 29.9. The summed E-state index contributed by atoms with van der Waals surface area (Å²) in [6, 6.07) is 15.9. The Bertz CT molecular complexity index is 1940. The monoisotopic (exact) mass is 928 g/mol. The molecule has 3 aromatic carbocycles. The third kappa shape index (κ3) is 7.11. The van der Waals surface area contributed by atoms with Gasteiger partial charge < -0.3 is 9.47 Å². The maximum Gasteiger partial charge on any atom is 0.434 e. The number of fused-ring (bicyclic) bond motifs is 1. The number of esters is 1. The van der Waals surface area contributed by atoms with Gasteiger partial charge >= 0.3 is 12.1 Å². The Morgan fingerprint density at radius 2 is 1.75 bits per heavy atom. The summed E-state index contributed by atoms with van der Waals surface area (Å²) in [6.07, 6.45) is -3.40. The van der Waals surface area contributed by atoms with Crippen LogP contribution in [0.3, 0.4) is 0 Å². The van der Waals surface area contributed by atoms with Crippen LogP contribution in [-0.4, -0.2) is 23.3 Å². The van der Waals surface area contributed by atoms with Crippen LogP contribution in [-0.2, 0) is 16.1 Å². The first-order valence-corrected chi connectivity index (χ1v) is 16.9. The minimum absolute atomic E-state index is 0.143. The van der Waals surface area contributed by atoms with Gasteiger partial charge in [0.25, 0.3) is 5.56 Å². The van der Waals surface area contributed by atoms with Gasteiger partial charge in [0.1, 0.15) is 12.4 Å². The number of allylic oxidation sites excluding steroid dienone is 1. The highest BCUT2D eigenvalue weighted by Gasteiger charge is 2.45. The van der Waals surface area contributed by atoms with Crippen LogP contribution < -0.4 is 19.6 Å². The number of carbonyl (C=O) groups is 1. The van der Waals surface area contributed by atoms with Crippen molar-refractivity contribution in [2.75, 3.05) is 6.61 Å². The first-order chi connectivity index (χ1) is 20.9. The molecule has 1 aliphatic rings. The van der Waals surface area contributed by atoms with E-state index in [1.54, 1.807) is 6.08 Å². The van der Waals surface area contributed by atoms with Crippen molar-refractivity contribution >= 4 is 96.1 Å². The zero-order chi connectivity index (χ0) is 31.8. The van der Waals surface area contributed by atoms with E-state index in [-0.39, 0.29) is 21.5 Å². The molecule has 0 spiro atoms. The summed E-state index contributed by atoms with van der Waals surface area (Å²) >= 11 is 14.5. The molecular weight excluding hydrogens is 911 g/mol. The van der Waals surface area contributed by atoms with E-state index in [0.29, 0.717) is 22.9 Å². The highest BCUT2D eigenvalue weighted by atomic mass is 127. The second-order valence-electron chi connectivity index (χ2n) is 9.34. The molecule has 1 aliphatic heterocycles. The molecule has 1 aromatic heterocycles. The molecule has 228 valence electrons. The van der Waals surface area contributed by atoms with Crippen LogP contribution in [0.15, 0.2) is 86.2 Å². The number of rotatable bonds is 7. The molecule has 0 fully saturated rings. The quantitative estimate of drug-likeness (QED) is 0.142. The Labute approximate surface area is 293 Å². The van der Waals surface area contributed by atoms with Crippen molar-refractivity contribution in [1.82, 2.24) is 4.57 Å². The number of nitrogens with zero attached hydrogens (tertiary/aromatic N) is 2. The van der Waals surface area contributed by atoms with Crippen LogP contribution >= 0.6 is 84.0 Å². The lowest BCUT2D eigenvalue weighted by Gasteiger charge is -2.26. The minimum atomic E-state index is -4.99. The summed E-state index contributed by atoms with van der Waals surface area (Å²) in [5, 5.41) is 0.340. The molecule has 0 saturated heterocycles. The number of ether oxygens (including phenoxy) is 2. The molecule has 44 heavy (non-hydrogen) atoms. The first kappa shape index (κ1) is 33.2. The standard InChI is InChI=1S/C30H19BrClF3I2N2O4S/c1-2-42-28(41)23-24(17-5-9-19(32)10-6-17)39-27(40)22(44-29(39)38-26(23)30(33,34)35)13-16-11-20(36)25(21(37)12-16)43-14-15-3-7-18(31)8-4-15/h3-13,24H,2,14H2,1H3/b22-13-/t24-/m0/s1. The minimum Gasteiger partial charge on any atom is -0.487 e. The summed E-state index contributed by atoms with van der Waals surface area (Å²) in [7, 11) is 0. The van der Waals surface area contributed by atoms with Gasteiger partial charge in [-0.2, -0.15) is 13.2 Å². The third-order valence-electron chi connectivity index (χ3n) is 6.40. The fourth-order valence-electron chi connectivity index (χ4n) is 4.49. The summed E-state index contributed by atoms with van der Waals surface area (Å²) < 4.78 is 57.8. The maximum atomic E-state index is 14.3. The van der Waals surface area contributed by atoms with E-state index in [0.717, 1.165) is 33.1 Å². The molecule has 0 N–H and O–H groups in total. The molecule has 0 bridgehead atoms. The summed E-state index contributed by atoms with van der Waals surface area (Å²) in [5.41, 5.74) is -0.892. The number of halogens is 7. The molecule has 0 saturated carbocycles. The fourth-order valence-corrected chi connectivity index (χ4v) is 8.01. The van der Waals surface area contributed by atoms with Gasteiger partial charge in [-0.25, -0.2) is 9.79 Å². The molecule has 0 amide bonds. The molecule has 1 atom stereocenters. The van der Waals surface area contributed by atoms with Crippen LogP contribution in [0, 0.1) is 7.14 Å². The Hall–Kier alpha value is -2.21. The number of aromatic nitrogens is 1. The van der Waals surface area contributed by atoms with Gasteiger partial charge in [-0.05, 0) is 111 Å². The number of benzene rings is 3. The van der Waals surface area contributed by atoms with Crippen molar-refractivity contribution in [2.24, 2.45) is 4.99 Å². The third-order valence-corrected chi connectivity index (χ3v) is 9.76. The molecule has 6 nitrogen and oxygen atoms in total. The largest absolute Gasteiger partial charge is 0.487 e. The lowest BCUT2D eigenvalue weighted by Crippen LogP contribution is -2.41. The molecule has 4 aromatic rings. The van der Waals surface area contributed by atoms with Crippen LogP contribution in [0.1, 0.15) is 29.7 Å². The Morgan fingerprint density at radius 1 is 1.11 bits per heavy atom. The molecule has 2 heterocycles. The highest BCUT2D eigenvalue weighted by molar-refractivity contribution is 14.1. The van der Waals surface area contributed by atoms with Crippen molar-refractivity contribution in [3.8, 4) is 5.75 Å². The lowest BCUT2D eigenvalue weighted by atomic mass is 9.95. The summed E-state index contributed by atoms with van der Waals surface area (Å²) in [6.45, 7) is 1.68. The number of hydrogen-bond acceptors (Lipinski definition) is 6. The van der Waals surface area contributed by atoms with Crippen molar-refractivity contribution in [3.63, 3.8) is 0 Å². The van der Waals surface area contributed by atoms with Crippen molar-refractivity contribution < 1.29 is 27.4 Å². The smallest absolute Gasteiger partial charge is 0.434 e. The normalized spacial score (nSPS) is 15.2. The Morgan fingerprint density at radius 3 is 2.34 bits per heavy atom. The molecular formula is C30H19BrClF3I2N2O4S. The highest BCUT2D eigenvalue weighted by Crippen LogP contribution is 2.38. The van der Waals surface area contributed by atoms with E-state index >= 15 is 0 Å². The van der Waals surface area contributed by atoms with Gasteiger partial charge in [-0.15, -0.1) is 0 Å². The number of alkyl halides is 3. The van der Waals surface area contributed by atoms with Crippen LogP contribution in [0.25, 0.3) is 6.08 Å². The van der Waals surface area contributed by atoms with Gasteiger partial charge in [-0.3, -0.25) is 9.36 Å². The van der Waals surface area contributed by atoms with Crippen molar-refractivity contribution in [2.45, 2.75) is 25.7 Å². The zero-order valence-electron chi connectivity index (χ0n) is 22.4. The predicted molar refractivity (Wildman–Crippen MR) is 183 cm³/mol. The summed E-state index contributed by atoms with van der Waals surface area (Å²) in [4.78, 5) is 30.4. The Balaban J connectivity index is 1.61. The van der Waals surface area contributed by atoms with Gasteiger partial charge in [0.15, 0.2) is 10.5 Å². The van der Waals surface area contributed by atoms with Gasteiger partial charge in [0.2, 0.25) is 0 Å². The Kier molecular flexibility index (Phi) is 10.3. The van der Waals surface area contributed by atoms with E-state index < -0.39 is 35.0 Å². The maximum absolute atomic E-state index is 14.3. The van der Waals surface area contributed by atoms with Crippen molar-refractivity contribution in [3.05, 3.63) is 125 Å². The van der Waals surface area contributed by atoms with Gasteiger partial charge in [0, 0.05) is 9.50 Å². The van der Waals surface area contributed by atoms with Crippen LogP contribution in [0.5, 0.6) is 5.75 Å². The predicted octanol–water partition coefficient (Wildman–Crippen LogP) is 7.54. The van der Waals surface area contributed by atoms with Crippen molar-refractivity contribution in [1.29, 1.82) is 0 Å². The second-order valence-corrected chi connectivity index (χ2v) is 14.0. The average Bonchev–Trinajstić information content (AvgIpc) is 3.27. The molecule has 0 aliphatic carbocycles. The fraction of sp³-hybridized carbons (Fsp3) is 0.167. The topological polar surface area (TPSA) is 69.9 Å². The number of hydrogen-bond donors (Lipinski definition) is 0. The average molecular weight is 930 g/mol. The lowest BCUT2D eigenvalue weighted by molar-refractivity contribution is -0.140. The van der Waals surface area contributed by atoms with E-state index in [1.165, 1.54) is 31.2 Å². The first-order valence-electron chi connectivity index (χ1n) is 12.8. The number of carbonyl (C=O) groups excluding carboxylic acids is 1. The van der Waals surface area contributed by atoms with E-state index in [2.05, 4.69) is 66.1 Å². The van der Waals surface area contributed by atoms with Crippen LogP contribution in [0.4, 0.5) is 13.2 Å². The van der Waals surface area contributed by atoms with E-state index in [1.807, 2.05) is 36.4 Å². The molecule has 0 radical (unpaired) electrons.